The molecule has 2 N–H and O–H groups in total. The number of aromatic nitrogens is 3. The summed E-state index contributed by atoms with van der Waals surface area (Å²) in [7, 11) is 0. The third-order valence-electron chi connectivity index (χ3n) is 5.01. The Bertz CT molecular complexity index is 1140. The van der Waals surface area contributed by atoms with Crippen molar-refractivity contribution >= 4 is 22.6 Å². The Morgan fingerprint density at radius 2 is 1.63 bits per heavy atom. The zero-order chi connectivity index (χ0) is 22.4. The highest BCUT2D eigenvalue weighted by Gasteiger charge is 2.26. The van der Waals surface area contributed by atoms with Gasteiger partial charge >= 0.3 is 0 Å². The number of anilines is 1. The van der Waals surface area contributed by atoms with Gasteiger partial charge in [0.1, 0.15) is 22.5 Å². The molecule has 1 heterocycles. The van der Waals surface area contributed by atoms with Crippen LogP contribution in [0, 0.1) is 0 Å². The second kappa shape index (κ2) is 7.27. The number of hydrogen-bond acceptors (Lipinski definition) is 4. The Morgan fingerprint density at radius 1 is 1.00 bits per heavy atom. The number of carbonyl (C=O) groups is 1. The summed E-state index contributed by atoms with van der Waals surface area (Å²) < 4.78 is 0. The summed E-state index contributed by atoms with van der Waals surface area (Å²) in [4.78, 5) is 13.4. The van der Waals surface area contributed by atoms with Gasteiger partial charge in [-0.2, -0.15) is 0 Å². The van der Waals surface area contributed by atoms with Crippen LogP contribution >= 0.6 is 0 Å². The van der Waals surface area contributed by atoms with Gasteiger partial charge in [0.2, 0.25) is 0 Å². The number of fused-ring (bicyclic) bond motifs is 1. The van der Waals surface area contributed by atoms with Gasteiger partial charge in [-0.25, -0.2) is 0 Å². The number of aromatic hydroxyl groups is 1. The van der Waals surface area contributed by atoms with E-state index in [1.54, 1.807) is 25.1 Å². The Labute approximate surface area is 177 Å². The fourth-order valence-electron chi connectivity index (χ4n) is 3.11. The van der Waals surface area contributed by atoms with Crippen molar-refractivity contribution in [3.8, 4) is 11.4 Å². The van der Waals surface area contributed by atoms with Crippen LogP contribution < -0.4 is 5.32 Å². The minimum absolute atomic E-state index is 0.102. The number of rotatable bonds is 3. The molecule has 0 fully saturated rings. The Hall–Kier alpha value is -3.15. The first-order valence-corrected chi connectivity index (χ1v) is 9.99. The highest BCUT2D eigenvalue weighted by Crippen LogP contribution is 2.39. The molecule has 6 nitrogen and oxygen atoms in total. The van der Waals surface area contributed by atoms with Crippen LogP contribution in [0.2, 0.25) is 0 Å². The summed E-state index contributed by atoms with van der Waals surface area (Å²) in [5.74, 6) is -0.0706. The van der Waals surface area contributed by atoms with E-state index in [4.69, 9.17) is 0 Å². The lowest BCUT2D eigenvalue weighted by molar-refractivity contribution is -0.112. The van der Waals surface area contributed by atoms with Gasteiger partial charge in [0.15, 0.2) is 0 Å². The molecule has 158 valence electrons. The molecular weight excluding hydrogens is 376 g/mol. The second-order valence-electron chi connectivity index (χ2n) is 9.82. The van der Waals surface area contributed by atoms with E-state index in [2.05, 4.69) is 69.7 Å². The molecule has 1 amide bonds. The number of nitrogens with one attached hydrogen (secondary N) is 1. The number of hydrogen-bond donors (Lipinski definition) is 2. The maximum absolute atomic E-state index is 11.9. The first-order valence-electron chi connectivity index (χ1n) is 9.99. The van der Waals surface area contributed by atoms with Gasteiger partial charge in [0, 0.05) is 16.8 Å². The lowest BCUT2D eigenvalue weighted by Crippen LogP contribution is -2.18. The molecule has 0 aliphatic carbocycles. The first-order chi connectivity index (χ1) is 13.8. The Morgan fingerprint density at radius 3 is 2.20 bits per heavy atom. The smallest absolute Gasteiger partial charge is 0.250 e. The maximum atomic E-state index is 11.9. The van der Waals surface area contributed by atoms with Gasteiger partial charge in [-0.05, 0) is 47.6 Å². The average Bonchev–Trinajstić information content (AvgIpc) is 3.02. The summed E-state index contributed by atoms with van der Waals surface area (Å²) >= 11 is 0. The SMILES string of the molecule is C=C(C)C(=O)Nc1ccc2nn(-c3cc(C(C)(C)C)cc(C(C)(C)C)c3O)nc2c1. The van der Waals surface area contributed by atoms with E-state index in [1.807, 2.05) is 6.07 Å². The molecular formula is C24H30N4O2. The quantitative estimate of drug-likeness (QED) is 0.583. The maximum Gasteiger partial charge on any atom is 0.250 e. The standard InChI is InChI=1S/C24H30N4O2/c1-14(2)22(30)25-16-9-10-18-19(13-16)27-28(26-18)20-12-15(23(3,4)5)11-17(21(20)29)24(6,7)8/h9-13,29H,1H2,2-8H3,(H,25,30). The molecule has 0 spiro atoms. The molecule has 0 bridgehead atoms. The van der Waals surface area contributed by atoms with E-state index in [0.29, 0.717) is 28.0 Å². The Balaban J connectivity index is 2.15. The van der Waals surface area contributed by atoms with Crippen LogP contribution in [-0.4, -0.2) is 26.0 Å². The van der Waals surface area contributed by atoms with Gasteiger partial charge in [-0.15, -0.1) is 15.0 Å². The van der Waals surface area contributed by atoms with Crippen molar-refractivity contribution in [3.05, 3.63) is 53.6 Å². The van der Waals surface area contributed by atoms with Crippen LogP contribution in [0.4, 0.5) is 5.69 Å². The molecule has 3 aromatic rings. The number of phenols is 1. The van der Waals surface area contributed by atoms with Gasteiger partial charge in [0.05, 0.1) is 0 Å². The number of amides is 1. The number of nitrogens with zero attached hydrogens (tertiary/aromatic N) is 3. The molecule has 0 aliphatic rings. The summed E-state index contributed by atoms with van der Waals surface area (Å²) in [6, 6.07) is 9.33. The van der Waals surface area contributed by atoms with Crippen molar-refractivity contribution in [2.24, 2.45) is 0 Å². The monoisotopic (exact) mass is 406 g/mol. The van der Waals surface area contributed by atoms with E-state index < -0.39 is 0 Å². The van der Waals surface area contributed by atoms with Crippen LogP contribution in [0.1, 0.15) is 59.6 Å². The van der Waals surface area contributed by atoms with Crippen molar-refractivity contribution in [1.29, 1.82) is 0 Å². The fraction of sp³-hybridized carbons (Fsp3) is 0.375. The normalized spacial score (nSPS) is 12.2. The molecule has 6 heteroatoms. The topological polar surface area (TPSA) is 80.0 Å². The summed E-state index contributed by atoms with van der Waals surface area (Å²) in [6.45, 7) is 17.9. The molecule has 0 saturated carbocycles. The van der Waals surface area contributed by atoms with Gasteiger partial charge in [-0.1, -0.05) is 54.2 Å². The van der Waals surface area contributed by atoms with Gasteiger partial charge < -0.3 is 10.4 Å². The van der Waals surface area contributed by atoms with Crippen molar-refractivity contribution in [2.45, 2.75) is 59.3 Å². The van der Waals surface area contributed by atoms with E-state index >= 15 is 0 Å². The van der Waals surface area contributed by atoms with Crippen LogP contribution in [0.5, 0.6) is 5.75 Å². The second-order valence-corrected chi connectivity index (χ2v) is 9.82. The van der Waals surface area contributed by atoms with Crippen molar-refractivity contribution in [3.63, 3.8) is 0 Å². The third kappa shape index (κ3) is 4.22. The molecule has 0 saturated heterocycles. The van der Waals surface area contributed by atoms with Gasteiger partial charge in [-0.3, -0.25) is 4.79 Å². The average molecular weight is 407 g/mol. The predicted molar refractivity (Wildman–Crippen MR) is 121 cm³/mol. The molecule has 0 radical (unpaired) electrons. The third-order valence-corrected chi connectivity index (χ3v) is 5.01. The lowest BCUT2D eigenvalue weighted by atomic mass is 9.80. The lowest BCUT2D eigenvalue weighted by Gasteiger charge is -2.27. The van der Waals surface area contributed by atoms with Crippen LogP contribution in [0.15, 0.2) is 42.5 Å². The van der Waals surface area contributed by atoms with E-state index in [9.17, 15) is 9.90 Å². The minimum Gasteiger partial charge on any atom is -0.505 e. The molecule has 3 rings (SSSR count). The Kier molecular flexibility index (Phi) is 5.23. The minimum atomic E-state index is -0.243. The zero-order valence-electron chi connectivity index (χ0n) is 18.8. The van der Waals surface area contributed by atoms with E-state index in [1.165, 1.54) is 4.80 Å². The molecule has 2 aromatic carbocycles. The molecule has 0 atom stereocenters. The first kappa shape index (κ1) is 21.6. The van der Waals surface area contributed by atoms with E-state index in [0.717, 1.165) is 11.1 Å². The van der Waals surface area contributed by atoms with Crippen LogP contribution in [0.25, 0.3) is 16.7 Å². The zero-order valence-corrected chi connectivity index (χ0v) is 18.8. The van der Waals surface area contributed by atoms with Crippen molar-refractivity contribution < 1.29 is 9.90 Å². The van der Waals surface area contributed by atoms with E-state index in [-0.39, 0.29) is 22.5 Å². The number of carbonyl (C=O) groups excluding carboxylic acids is 1. The van der Waals surface area contributed by atoms with Gasteiger partial charge in [0.25, 0.3) is 5.91 Å². The molecule has 1 aromatic heterocycles. The van der Waals surface area contributed by atoms with Crippen molar-refractivity contribution in [2.75, 3.05) is 5.32 Å². The summed E-state index contributed by atoms with van der Waals surface area (Å²) in [5, 5.41) is 23.0. The highest BCUT2D eigenvalue weighted by atomic mass is 16.3. The highest BCUT2D eigenvalue weighted by molar-refractivity contribution is 6.03. The fourth-order valence-corrected chi connectivity index (χ4v) is 3.11. The molecule has 0 unspecified atom stereocenters. The van der Waals surface area contributed by atoms with Crippen molar-refractivity contribution in [1.82, 2.24) is 15.0 Å². The number of phenolic OH excluding ortho intramolecular Hbond substituents is 1. The largest absolute Gasteiger partial charge is 0.505 e. The van der Waals surface area contributed by atoms with Crippen LogP contribution in [-0.2, 0) is 15.6 Å². The van der Waals surface area contributed by atoms with Crippen LogP contribution in [0.3, 0.4) is 0 Å². The summed E-state index contributed by atoms with van der Waals surface area (Å²) in [6.07, 6.45) is 0. The predicted octanol–water partition coefficient (Wildman–Crippen LogP) is 5.24. The number of benzene rings is 2. The molecule has 0 aliphatic heterocycles. The molecule has 30 heavy (non-hydrogen) atoms. The summed E-state index contributed by atoms with van der Waals surface area (Å²) in [5.41, 5.74) is 4.46.